The Morgan fingerprint density at radius 3 is 2.63 bits per heavy atom. The SMILES string of the molecule is COc1ccc([C@@H]2[C@H]3CCCC[C@@]3(O)CCN2Cc2ccccc2F)cc1. The molecule has 3 nitrogen and oxygen atoms in total. The van der Waals surface area contributed by atoms with Crippen LogP contribution in [0.2, 0.25) is 0 Å². The van der Waals surface area contributed by atoms with Crippen LogP contribution in [0.1, 0.15) is 49.3 Å². The molecule has 3 atom stereocenters. The number of ether oxygens (including phenoxy) is 1. The number of nitrogens with zero attached hydrogens (tertiary/aromatic N) is 1. The highest BCUT2D eigenvalue weighted by atomic mass is 19.1. The molecule has 0 spiro atoms. The van der Waals surface area contributed by atoms with E-state index >= 15 is 0 Å². The Labute approximate surface area is 160 Å². The standard InChI is InChI=1S/C23H28FNO2/c1-27-19-11-9-17(10-12-19)22-20-7-4-5-13-23(20,26)14-15-25(22)16-18-6-2-3-8-21(18)24/h2-3,6,8-12,20,22,26H,4-5,7,13-16H2,1H3/t20-,22-,23-/m1/s1. The molecule has 2 aromatic carbocycles. The number of halogens is 1. The van der Waals surface area contributed by atoms with Gasteiger partial charge in [0.05, 0.1) is 12.7 Å². The van der Waals surface area contributed by atoms with Crippen molar-refractivity contribution in [3.63, 3.8) is 0 Å². The van der Waals surface area contributed by atoms with E-state index < -0.39 is 5.60 Å². The number of fused-ring (bicyclic) bond motifs is 1. The zero-order valence-electron chi connectivity index (χ0n) is 15.9. The molecule has 0 bridgehead atoms. The van der Waals surface area contributed by atoms with Crippen molar-refractivity contribution in [3.05, 3.63) is 65.5 Å². The van der Waals surface area contributed by atoms with Crippen LogP contribution in [0.3, 0.4) is 0 Å². The minimum atomic E-state index is -0.603. The van der Waals surface area contributed by atoms with E-state index in [1.54, 1.807) is 13.2 Å². The summed E-state index contributed by atoms with van der Waals surface area (Å²) in [4.78, 5) is 2.35. The van der Waals surface area contributed by atoms with Crippen LogP contribution < -0.4 is 4.74 Å². The predicted octanol–water partition coefficient (Wildman–Crippen LogP) is 4.70. The third-order valence-corrected chi connectivity index (χ3v) is 6.46. The Morgan fingerprint density at radius 2 is 1.89 bits per heavy atom. The first-order chi connectivity index (χ1) is 13.1. The predicted molar refractivity (Wildman–Crippen MR) is 104 cm³/mol. The van der Waals surface area contributed by atoms with Gasteiger partial charge in [0.1, 0.15) is 11.6 Å². The lowest BCUT2D eigenvalue weighted by atomic mass is 9.66. The molecule has 1 heterocycles. The third kappa shape index (κ3) is 3.61. The van der Waals surface area contributed by atoms with Crippen molar-refractivity contribution < 1.29 is 14.2 Å². The van der Waals surface area contributed by atoms with E-state index in [2.05, 4.69) is 17.0 Å². The summed E-state index contributed by atoms with van der Waals surface area (Å²) in [5.41, 5.74) is 1.30. The molecular weight excluding hydrogens is 341 g/mol. The number of aliphatic hydroxyl groups is 1. The van der Waals surface area contributed by atoms with Crippen LogP contribution in [0.15, 0.2) is 48.5 Å². The Morgan fingerprint density at radius 1 is 1.11 bits per heavy atom. The topological polar surface area (TPSA) is 32.7 Å². The highest BCUT2D eigenvalue weighted by molar-refractivity contribution is 5.31. The first-order valence-corrected chi connectivity index (χ1v) is 9.94. The number of methoxy groups -OCH3 is 1. The van der Waals surface area contributed by atoms with E-state index in [4.69, 9.17) is 4.74 Å². The summed E-state index contributed by atoms with van der Waals surface area (Å²) in [5.74, 6) is 0.852. The number of benzene rings is 2. The quantitative estimate of drug-likeness (QED) is 0.848. The van der Waals surface area contributed by atoms with Crippen LogP contribution in [0.4, 0.5) is 4.39 Å². The van der Waals surface area contributed by atoms with Crippen LogP contribution in [0.5, 0.6) is 5.75 Å². The lowest BCUT2D eigenvalue weighted by Crippen LogP contribution is -2.54. The smallest absolute Gasteiger partial charge is 0.127 e. The molecule has 2 aromatic rings. The Kier molecular flexibility index (Phi) is 5.20. The van der Waals surface area contributed by atoms with Gasteiger partial charge in [-0.1, -0.05) is 43.2 Å². The summed E-state index contributed by atoms with van der Waals surface area (Å²) in [7, 11) is 1.67. The van der Waals surface area contributed by atoms with E-state index in [9.17, 15) is 9.50 Å². The molecule has 0 amide bonds. The second kappa shape index (κ2) is 7.61. The number of likely N-dealkylation sites (tertiary alicyclic amines) is 1. The van der Waals surface area contributed by atoms with Gasteiger partial charge in [-0.25, -0.2) is 4.39 Å². The largest absolute Gasteiger partial charge is 0.497 e. The molecule has 2 aliphatic rings. The van der Waals surface area contributed by atoms with Gasteiger partial charge >= 0.3 is 0 Å². The highest BCUT2D eigenvalue weighted by Gasteiger charge is 2.48. The van der Waals surface area contributed by atoms with E-state index in [0.717, 1.165) is 50.0 Å². The summed E-state index contributed by atoms with van der Waals surface area (Å²) in [5, 5.41) is 11.3. The van der Waals surface area contributed by atoms with Crippen LogP contribution >= 0.6 is 0 Å². The van der Waals surface area contributed by atoms with Crippen molar-refractivity contribution >= 4 is 0 Å². The van der Waals surface area contributed by atoms with Crippen LogP contribution in [-0.2, 0) is 6.54 Å². The Balaban J connectivity index is 1.69. The molecule has 27 heavy (non-hydrogen) atoms. The maximum absolute atomic E-state index is 14.3. The molecule has 1 saturated carbocycles. The second-order valence-electron chi connectivity index (χ2n) is 7.99. The molecule has 0 radical (unpaired) electrons. The molecule has 1 aliphatic heterocycles. The van der Waals surface area contributed by atoms with Crippen molar-refractivity contribution in [2.24, 2.45) is 5.92 Å². The normalized spacial score (nSPS) is 28.6. The number of rotatable bonds is 4. The second-order valence-corrected chi connectivity index (χ2v) is 7.99. The first-order valence-electron chi connectivity index (χ1n) is 9.94. The molecule has 1 N–H and O–H groups in total. The van der Waals surface area contributed by atoms with Gasteiger partial charge in [-0.3, -0.25) is 4.90 Å². The van der Waals surface area contributed by atoms with E-state index in [1.165, 1.54) is 11.6 Å². The van der Waals surface area contributed by atoms with Gasteiger partial charge in [-0.15, -0.1) is 0 Å². The highest BCUT2D eigenvalue weighted by Crippen LogP contribution is 2.49. The van der Waals surface area contributed by atoms with Crippen LogP contribution in [0, 0.1) is 11.7 Å². The van der Waals surface area contributed by atoms with Crippen molar-refractivity contribution in [2.45, 2.75) is 50.3 Å². The molecule has 1 saturated heterocycles. The molecule has 0 aromatic heterocycles. The maximum Gasteiger partial charge on any atom is 0.127 e. The molecule has 4 heteroatoms. The molecule has 4 rings (SSSR count). The minimum Gasteiger partial charge on any atom is -0.497 e. The van der Waals surface area contributed by atoms with Gasteiger partial charge in [-0.05, 0) is 43.0 Å². The summed E-state index contributed by atoms with van der Waals surface area (Å²) in [6.45, 7) is 1.34. The third-order valence-electron chi connectivity index (χ3n) is 6.46. The van der Waals surface area contributed by atoms with E-state index in [1.807, 2.05) is 24.3 Å². The van der Waals surface area contributed by atoms with E-state index in [0.29, 0.717) is 6.54 Å². The molecule has 0 unspecified atom stereocenters. The minimum absolute atomic E-state index is 0.0922. The monoisotopic (exact) mass is 369 g/mol. The van der Waals surface area contributed by atoms with Crippen LogP contribution in [-0.4, -0.2) is 29.3 Å². The first kappa shape index (κ1) is 18.5. The van der Waals surface area contributed by atoms with Gasteiger partial charge in [0.15, 0.2) is 0 Å². The number of hydrogen-bond acceptors (Lipinski definition) is 3. The number of piperidine rings is 1. The summed E-state index contributed by atoms with van der Waals surface area (Å²) < 4.78 is 19.6. The molecule has 1 aliphatic carbocycles. The zero-order chi connectivity index (χ0) is 18.9. The number of hydrogen-bond donors (Lipinski definition) is 1. The zero-order valence-corrected chi connectivity index (χ0v) is 15.9. The fraction of sp³-hybridized carbons (Fsp3) is 0.478. The van der Waals surface area contributed by atoms with Crippen molar-refractivity contribution in [1.29, 1.82) is 0 Å². The van der Waals surface area contributed by atoms with Crippen molar-refractivity contribution in [1.82, 2.24) is 4.90 Å². The van der Waals surface area contributed by atoms with Gasteiger partial charge in [0.2, 0.25) is 0 Å². The fourth-order valence-corrected chi connectivity index (χ4v) is 5.01. The lowest BCUT2D eigenvalue weighted by Gasteiger charge is -2.52. The molecular formula is C23H28FNO2. The van der Waals surface area contributed by atoms with Gasteiger partial charge in [0.25, 0.3) is 0 Å². The van der Waals surface area contributed by atoms with E-state index in [-0.39, 0.29) is 17.8 Å². The summed E-state index contributed by atoms with van der Waals surface area (Å²) >= 11 is 0. The Hall–Kier alpha value is -1.91. The lowest BCUT2D eigenvalue weighted by molar-refractivity contribution is -0.126. The molecule has 144 valence electrons. The average Bonchev–Trinajstić information content (AvgIpc) is 2.70. The van der Waals surface area contributed by atoms with Crippen molar-refractivity contribution in [2.75, 3.05) is 13.7 Å². The maximum atomic E-state index is 14.3. The average molecular weight is 369 g/mol. The Bertz CT molecular complexity index is 778. The van der Waals surface area contributed by atoms with Gasteiger partial charge in [-0.2, -0.15) is 0 Å². The van der Waals surface area contributed by atoms with Crippen LogP contribution in [0.25, 0.3) is 0 Å². The van der Waals surface area contributed by atoms with Gasteiger partial charge < -0.3 is 9.84 Å². The summed E-state index contributed by atoms with van der Waals surface area (Å²) in [6.07, 6.45) is 4.89. The van der Waals surface area contributed by atoms with Crippen molar-refractivity contribution in [3.8, 4) is 5.75 Å². The summed E-state index contributed by atoms with van der Waals surface area (Å²) in [6, 6.07) is 15.3. The fourth-order valence-electron chi connectivity index (χ4n) is 5.01. The molecule has 2 fully saturated rings. The van der Waals surface area contributed by atoms with Gasteiger partial charge in [0, 0.05) is 30.6 Å².